The van der Waals surface area contributed by atoms with Gasteiger partial charge in [-0.2, -0.15) is 4.98 Å². The fourth-order valence-corrected chi connectivity index (χ4v) is 9.56. The van der Waals surface area contributed by atoms with E-state index in [1.807, 2.05) is 11.1 Å². The van der Waals surface area contributed by atoms with E-state index in [1.165, 1.54) is 30.5 Å². The molecule has 3 heterocycles. The van der Waals surface area contributed by atoms with Crippen LogP contribution in [0.15, 0.2) is 48.7 Å². The molecule has 2 aliphatic heterocycles. The number of carbonyl (C=O) groups excluding carboxylic acids is 1. The number of anilines is 5. The van der Waals surface area contributed by atoms with Crippen LogP contribution in [0.2, 0.25) is 0 Å². The standard InChI is InChI=1S/C37H47N7O2/c1-25-29(11-16-46-3)5-4-6-33(25)43-24-30-23-38-35(39-31-7-9-32(10-8-31)42-14-12-41(2)13-15-42)40-34(30)44(36(43)45)37-20-26-17-27(21-37)19-28(18-26)22-37/h4-10,23,26-28H,11-22,24H2,1-3H3,(H,38,39,40). The fraction of sp³-hybridized carbons (Fsp3) is 0.541. The molecule has 2 amide bonds. The van der Waals surface area contributed by atoms with Crippen molar-refractivity contribution in [1.82, 2.24) is 14.9 Å². The van der Waals surface area contributed by atoms with E-state index in [4.69, 9.17) is 14.7 Å². The van der Waals surface area contributed by atoms with Crippen LogP contribution in [-0.4, -0.2) is 73.4 Å². The molecule has 46 heavy (non-hydrogen) atoms. The molecule has 4 bridgehead atoms. The minimum absolute atomic E-state index is 0.0580. The van der Waals surface area contributed by atoms with Crippen molar-refractivity contribution in [3.8, 4) is 0 Å². The van der Waals surface area contributed by atoms with Crippen LogP contribution in [-0.2, 0) is 17.7 Å². The molecule has 242 valence electrons. The first kappa shape index (κ1) is 29.7. The van der Waals surface area contributed by atoms with Gasteiger partial charge in [0.05, 0.1) is 18.7 Å². The fourth-order valence-electron chi connectivity index (χ4n) is 9.56. The van der Waals surface area contributed by atoms with E-state index in [2.05, 4.69) is 76.5 Å². The number of ether oxygens (including phenoxy) is 1. The molecule has 0 radical (unpaired) electrons. The molecule has 9 rings (SSSR count). The number of carbonyl (C=O) groups is 1. The average Bonchev–Trinajstić information content (AvgIpc) is 3.04. The molecule has 1 N–H and O–H groups in total. The number of rotatable bonds is 8. The second-order valence-electron chi connectivity index (χ2n) is 14.7. The number of likely N-dealkylation sites (N-methyl/N-ethyl adjacent to an activating group) is 1. The average molecular weight is 622 g/mol. The maximum Gasteiger partial charge on any atom is 0.331 e. The van der Waals surface area contributed by atoms with Crippen LogP contribution in [0, 0.1) is 24.7 Å². The summed E-state index contributed by atoms with van der Waals surface area (Å²) in [5.41, 5.74) is 6.34. The summed E-state index contributed by atoms with van der Waals surface area (Å²) in [6, 6.07) is 15.0. The third-order valence-corrected chi connectivity index (χ3v) is 11.6. The van der Waals surface area contributed by atoms with Crippen molar-refractivity contribution in [3.63, 3.8) is 0 Å². The SMILES string of the molecule is COCCc1cccc(N2Cc3cnc(Nc4ccc(N5CCN(C)CC5)cc4)nc3N(C34CC5CC(CC(C5)C3)C4)C2=O)c1C. The number of piperazine rings is 1. The van der Waals surface area contributed by atoms with Gasteiger partial charge in [-0.3, -0.25) is 9.80 Å². The van der Waals surface area contributed by atoms with Crippen molar-refractivity contribution in [1.29, 1.82) is 0 Å². The molecule has 3 aromatic rings. The third kappa shape index (κ3) is 5.31. The van der Waals surface area contributed by atoms with E-state index in [0.717, 1.165) is 80.2 Å². The van der Waals surface area contributed by atoms with Crippen molar-refractivity contribution in [2.75, 3.05) is 67.0 Å². The molecule has 2 aromatic carbocycles. The molecule has 5 fully saturated rings. The van der Waals surface area contributed by atoms with Gasteiger partial charge >= 0.3 is 6.03 Å². The number of methoxy groups -OCH3 is 1. The van der Waals surface area contributed by atoms with Gasteiger partial charge in [0.2, 0.25) is 5.95 Å². The largest absolute Gasteiger partial charge is 0.384 e. The highest BCUT2D eigenvalue weighted by molar-refractivity contribution is 6.07. The number of nitrogens with one attached hydrogen (secondary N) is 1. The molecule has 1 aromatic heterocycles. The zero-order chi connectivity index (χ0) is 31.4. The first-order valence-electron chi connectivity index (χ1n) is 17.2. The lowest BCUT2D eigenvalue weighted by Gasteiger charge is -2.61. The normalized spacial score (nSPS) is 27.3. The topological polar surface area (TPSA) is 77.1 Å². The number of hydrogen-bond acceptors (Lipinski definition) is 7. The summed E-state index contributed by atoms with van der Waals surface area (Å²) in [4.78, 5) is 33.8. The summed E-state index contributed by atoms with van der Waals surface area (Å²) in [5.74, 6) is 3.45. The monoisotopic (exact) mass is 621 g/mol. The summed E-state index contributed by atoms with van der Waals surface area (Å²) in [7, 11) is 3.92. The summed E-state index contributed by atoms with van der Waals surface area (Å²) in [6.07, 6.45) is 9.95. The number of fused-ring (bicyclic) bond motifs is 1. The maximum absolute atomic E-state index is 14.9. The van der Waals surface area contributed by atoms with Crippen molar-refractivity contribution in [3.05, 3.63) is 65.4 Å². The lowest BCUT2D eigenvalue weighted by Crippen LogP contribution is -2.65. The Balaban J connectivity index is 1.13. The molecule has 1 saturated heterocycles. The van der Waals surface area contributed by atoms with Gasteiger partial charge in [0, 0.05) is 62.1 Å². The van der Waals surface area contributed by atoms with E-state index in [0.29, 0.717) is 36.9 Å². The van der Waals surface area contributed by atoms with Crippen LogP contribution in [0.1, 0.15) is 55.2 Å². The Kier molecular flexibility index (Phi) is 7.64. The Morgan fingerprint density at radius 1 is 0.957 bits per heavy atom. The van der Waals surface area contributed by atoms with Crippen LogP contribution in [0.4, 0.5) is 33.6 Å². The molecule has 0 atom stereocenters. The second-order valence-corrected chi connectivity index (χ2v) is 14.7. The molecule has 9 heteroatoms. The van der Waals surface area contributed by atoms with E-state index in [9.17, 15) is 4.79 Å². The van der Waals surface area contributed by atoms with Gasteiger partial charge in [-0.15, -0.1) is 0 Å². The van der Waals surface area contributed by atoms with Crippen LogP contribution >= 0.6 is 0 Å². The Hall–Kier alpha value is -3.69. The lowest BCUT2D eigenvalue weighted by molar-refractivity contribution is -0.000908. The number of amides is 2. The number of hydrogen-bond donors (Lipinski definition) is 1. The highest BCUT2D eigenvalue weighted by Crippen LogP contribution is 2.59. The Morgan fingerprint density at radius 2 is 1.65 bits per heavy atom. The zero-order valence-corrected chi connectivity index (χ0v) is 27.5. The van der Waals surface area contributed by atoms with Gasteiger partial charge in [-0.25, -0.2) is 9.78 Å². The quantitative estimate of drug-likeness (QED) is 0.313. The lowest BCUT2D eigenvalue weighted by atomic mass is 9.52. The summed E-state index contributed by atoms with van der Waals surface area (Å²) >= 11 is 0. The van der Waals surface area contributed by atoms with Gasteiger partial charge in [0.15, 0.2) is 0 Å². The van der Waals surface area contributed by atoms with E-state index >= 15 is 0 Å². The van der Waals surface area contributed by atoms with Gasteiger partial charge in [0.1, 0.15) is 5.82 Å². The highest BCUT2D eigenvalue weighted by Gasteiger charge is 2.57. The number of nitrogens with zero attached hydrogens (tertiary/aromatic N) is 6. The van der Waals surface area contributed by atoms with E-state index in [-0.39, 0.29) is 11.6 Å². The van der Waals surface area contributed by atoms with Gasteiger partial charge in [0.25, 0.3) is 0 Å². The first-order chi connectivity index (χ1) is 22.4. The van der Waals surface area contributed by atoms with Gasteiger partial charge < -0.3 is 19.9 Å². The molecule has 9 nitrogen and oxygen atoms in total. The third-order valence-electron chi connectivity index (χ3n) is 11.6. The maximum atomic E-state index is 14.9. The van der Waals surface area contributed by atoms with Gasteiger partial charge in [-0.05, 0) is 118 Å². The number of urea groups is 1. The van der Waals surface area contributed by atoms with Crippen molar-refractivity contribution in [2.24, 2.45) is 17.8 Å². The molecule has 4 aliphatic carbocycles. The van der Waals surface area contributed by atoms with Gasteiger partial charge in [-0.1, -0.05) is 12.1 Å². The molecular formula is C37H47N7O2. The minimum Gasteiger partial charge on any atom is -0.384 e. The van der Waals surface area contributed by atoms with E-state index < -0.39 is 0 Å². The molecule has 0 unspecified atom stereocenters. The zero-order valence-electron chi connectivity index (χ0n) is 27.5. The van der Waals surface area contributed by atoms with Crippen LogP contribution in [0.25, 0.3) is 0 Å². The molecular weight excluding hydrogens is 574 g/mol. The number of aromatic nitrogens is 2. The molecule has 6 aliphatic rings. The van der Waals surface area contributed by atoms with Crippen LogP contribution in [0.3, 0.4) is 0 Å². The Morgan fingerprint density at radius 3 is 2.33 bits per heavy atom. The van der Waals surface area contributed by atoms with Crippen LogP contribution in [0.5, 0.6) is 0 Å². The predicted octanol–water partition coefficient (Wildman–Crippen LogP) is 6.38. The summed E-state index contributed by atoms with van der Waals surface area (Å²) < 4.78 is 5.38. The van der Waals surface area contributed by atoms with Crippen molar-refractivity contribution < 1.29 is 9.53 Å². The summed E-state index contributed by atoms with van der Waals surface area (Å²) in [5, 5.41) is 3.47. The second kappa shape index (κ2) is 11.8. The summed E-state index contributed by atoms with van der Waals surface area (Å²) in [6.45, 7) is 7.50. The van der Waals surface area contributed by atoms with Crippen LogP contribution < -0.4 is 20.0 Å². The van der Waals surface area contributed by atoms with Crippen molar-refractivity contribution >= 4 is 34.9 Å². The minimum atomic E-state index is -0.184. The molecule has 0 spiro atoms. The first-order valence-corrected chi connectivity index (χ1v) is 17.2. The Bertz CT molecular complexity index is 1560. The smallest absolute Gasteiger partial charge is 0.331 e. The molecule has 4 saturated carbocycles. The van der Waals surface area contributed by atoms with E-state index in [1.54, 1.807) is 7.11 Å². The predicted molar refractivity (Wildman–Crippen MR) is 183 cm³/mol. The highest BCUT2D eigenvalue weighted by atomic mass is 16.5. The van der Waals surface area contributed by atoms with Crippen molar-refractivity contribution in [2.45, 2.75) is 64.0 Å². The Labute approximate surface area is 272 Å². The number of benzene rings is 2.